The van der Waals surface area contributed by atoms with Gasteiger partial charge in [-0.1, -0.05) is 25.1 Å². The number of carbonyl (C=O) groups excluding carboxylic acids is 2. The summed E-state index contributed by atoms with van der Waals surface area (Å²) in [4.78, 5) is 37.9. The van der Waals surface area contributed by atoms with Crippen molar-refractivity contribution in [2.24, 2.45) is 11.3 Å². The molecule has 0 aliphatic heterocycles. The van der Waals surface area contributed by atoms with Crippen LogP contribution in [0.25, 0.3) is 11.2 Å². The molecule has 0 bridgehead atoms. The molecule has 7 heteroatoms. The maximum atomic E-state index is 12.5. The van der Waals surface area contributed by atoms with Crippen LogP contribution in [0.4, 0.5) is 5.82 Å². The minimum absolute atomic E-state index is 0.0926. The van der Waals surface area contributed by atoms with Gasteiger partial charge in [0.15, 0.2) is 17.0 Å². The first-order chi connectivity index (χ1) is 13.1. The minimum atomic E-state index is -0.242. The molecule has 5 rings (SSSR count). The van der Waals surface area contributed by atoms with Gasteiger partial charge in [0, 0.05) is 23.4 Å². The summed E-state index contributed by atoms with van der Waals surface area (Å²) in [6.07, 6.45) is 5.53. The summed E-state index contributed by atoms with van der Waals surface area (Å²) < 4.78 is 1.99. The number of hydrogen-bond donors (Lipinski definition) is 1. The number of aromatic nitrogens is 4. The van der Waals surface area contributed by atoms with Crippen molar-refractivity contribution in [3.63, 3.8) is 0 Å². The molecule has 1 aromatic carbocycles. The molecule has 2 saturated carbocycles. The van der Waals surface area contributed by atoms with Crippen LogP contribution in [-0.4, -0.2) is 31.2 Å². The second-order valence-corrected chi connectivity index (χ2v) is 7.38. The Labute approximate surface area is 155 Å². The summed E-state index contributed by atoms with van der Waals surface area (Å²) in [5.41, 5.74) is 1.63. The number of Topliss-reactive ketones (excluding diaryl/α,β-unsaturated/α-hetero) is 1. The topological polar surface area (TPSA) is 89.8 Å². The quantitative estimate of drug-likeness (QED) is 0.771. The fourth-order valence-electron chi connectivity index (χ4n) is 4.55. The molecule has 0 radical (unpaired) electrons. The predicted molar refractivity (Wildman–Crippen MR) is 99.2 cm³/mol. The van der Waals surface area contributed by atoms with Crippen LogP contribution < -0.4 is 5.32 Å². The third-order valence-electron chi connectivity index (χ3n) is 6.16. The highest BCUT2D eigenvalue weighted by Crippen LogP contribution is 2.67. The average molecular weight is 361 g/mol. The van der Waals surface area contributed by atoms with Crippen LogP contribution in [0.5, 0.6) is 0 Å². The number of hydrogen-bond acceptors (Lipinski definition) is 5. The lowest BCUT2D eigenvalue weighted by atomic mass is 10.00. The van der Waals surface area contributed by atoms with Crippen LogP contribution in [0.15, 0.2) is 43.0 Å². The number of nitrogens with one attached hydrogen (secondary N) is 1. The van der Waals surface area contributed by atoms with E-state index >= 15 is 0 Å². The Morgan fingerprint density at radius 1 is 1.26 bits per heavy atom. The van der Waals surface area contributed by atoms with Gasteiger partial charge in [0.25, 0.3) is 5.91 Å². The highest BCUT2D eigenvalue weighted by molar-refractivity contribution is 6.06. The zero-order valence-corrected chi connectivity index (χ0v) is 14.9. The molecule has 3 aromatic rings. The smallest absolute Gasteiger partial charge is 0.256 e. The van der Waals surface area contributed by atoms with Gasteiger partial charge in [-0.3, -0.25) is 9.59 Å². The summed E-state index contributed by atoms with van der Waals surface area (Å²) in [6.45, 7) is 2.09. The van der Waals surface area contributed by atoms with E-state index in [2.05, 4.69) is 27.2 Å². The molecule has 7 nitrogen and oxygen atoms in total. The Kier molecular flexibility index (Phi) is 3.40. The van der Waals surface area contributed by atoms with E-state index in [1.54, 1.807) is 18.5 Å². The van der Waals surface area contributed by atoms with Crippen LogP contribution in [0, 0.1) is 11.3 Å². The van der Waals surface area contributed by atoms with Crippen molar-refractivity contribution in [1.82, 2.24) is 19.5 Å². The summed E-state index contributed by atoms with van der Waals surface area (Å²) >= 11 is 0. The average Bonchev–Trinajstić information content (AvgIpc) is 3.19. The summed E-state index contributed by atoms with van der Waals surface area (Å²) in [6, 6.07) is 9.06. The number of nitrogens with zero attached hydrogens (tertiary/aromatic N) is 4. The van der Waals surface area contributed by atoms with Gasteiger partial charge < -0.3 is 9.88 Å². The maximum Gasteiger partial charge on any atom is 0.256 e. The Balaban J connectivity index is 1.48. The van der Waals surface area contributed by atoms with Gasteiger partial charge in [-0.15, -0.1) is 0 Å². The molecule has 1 amide bonds. The Morgan fingerprint density at radius 3 is 2.78 bits per heavy atom. The Hall–Kier alpha value is -3.09. The van der Waals surface area contributed by atoms with E-state index in [1.807, 2.05) is 22.8 Å². The summed E-state index contributed by atoms with van der Waals surface area (Å²) in [5, 5.41) is 2.82. The molecule has 2 fully saturated rings. The summed E-state index contributed by atoms with van der Waals surface area (Å²) in [5.74, 6) is 0.862. The van der Waals surface area contributed by atoms with Gasteiger partial charge >= 0.3 is 0 Å². The first-order valence-corrected chi connectivity index (χ1v) is 9.21. The third kappa shape index (κ3) is 2.31. The van der Waals surface area contributed by atoms with Gasteiger partial charge in [0.05, 0.1) is 6.33 Å². The number of amides is 1. The van der Waals surface area contributed by atoms with E-state index in [4.69, 9.17) is 0 Å². The Morgan fingerprint density at radius 2 is 2.07 bits per heavy atom. The summed E-state index contributed by atoms with van der Waals surface area (Å²) in [7, 11) is 0. The number of imidazole rings is 1. The van der Waals surface area contributed by atoms with Gasteiger partial charge in [0.1, 0.15) is 12.1 Å². The monoisotopic (exact) mass is 361 g/mol. The fraction of sp³-hybridized carbons (Fsp3) is 0.350. The van der Waals surface area contributed by atoms with E-state index in [0.29, 0.717) is 40.7 Å². The molecule has 0 unspecified atom stereocenters. The van der Waals surface area contributed by atoms with Crippen molar-refractivity contribution < 1.29 is 9.59 Å². The number of fused-ring (bicyclic) bond motifs is 2. The van der Waals surface area contributed by atoms with Crippen LogP contribution in [0.2, 0.25) is 0 Å². The molecular weight excluding hydrogens is 342 g/mol. The first kappa shape index (κ1) is 16.1. The number of carbonyl (C=O) groups is 2. The maximum absolute atomic E-state index is 12.5. The van der Waals surface area contributed by atoms with Crippen molar-refractivity contribution in [2.45, 2.75) is 32.2 Å². The first-order valence-electron chi connectivity index (χ1n) is 9.21. The van der Waals surface area contributed by atoms with Crippen molar-refractivity contribution >= 4 is 28.7 Å². The standard InChI is InChI=1S/C20H19N5O2/c1-2-20-9-13(20)14(8-15(20)26)25-11-23-16-17(21-10-22-18(16)25)24-19(27)12-6-4-3-5-7-12/h3-7,10-11,13-14H,2,8-9H2,1H3,(H,21,22,24,27)/t13-,14+,20-/m1/s1. The van der Waals surface area contributed by atoms with Gasteiger partial charge in [0.2, 0.25) is 0 Å². The van der Waals surface area contributed by atoms with Crippen molar-refractivity contribution in [3.05, 3.63) is 48.5 Å². The van der Waals surface area contributed by atoms with Crippen molar-refractivity contribution in [3.8, 4) is 0 Å². The van der Waals surface area contributed by atoms with Crippen molar-refractivity contribution in [1.29, 1.82) is 0 Å². The molecule has 27 heavy (non-hydrogen) atoms. The zero-order chi connectivity index (χ0) is 18.6. The van der Waals surface area contributed by atoms with Crippen LogP contribution in [-0.2, 0) is 4.79 Å². The highest BCUT2D eigenvalue weighted by atomic mass is 16.1. The molecular formula is C20H19N5O2. The molecule has 136 valence electrons. The van der Waals surface area contributed by atoms with Gasteiger partial charge in [-0.2, -0.15) is 0 Å². The number of anilines is 1. The van der Waals surface area contributed by atoms with Gasteiger partial charge in [-0.05, 0) is 30.9 Å². The van der Waals surface area contributed by atoms with E-state index < -0.39 is 0 Å². The molecule has 2 heterocycles. The van der Waals surface area contributed by atoms with Crippen molar-refractivity contribution in [2.75, 3.05) is 5.32 Å². The molecule has 2 aliphatic carbocycles. The van der Waals surface area contributed by atoms with E-state index in [-0.39, 0.29) is 17.4 Å². The van der Waals surface area contributed by atoms with Crippen LogP contribution in [0.3, 0.4) is 0 Å². The number of rotatable bonds is 4. The normalized spacial score (nSPS) is 26.2. The van der Waals surface area contributed by atoms with Gasteiger partial charge in [-0.25, -0.2) is 15.0 Å². The molecule has 3 atom stereocenters. The molecule has 2 aromatic heterocycles. The highest BCUT2D eigenvalue weighted by Gasteiger charge is 2.66. The minimum Gasteiger partial charge on any atom is -0.311 e. The lowest BCUT2D eigenvalue weighted by Crippen LogP contribution is -2.14. The fourth-order valence-corrected chi connectivity index (χ4v) is 4.55. The molecule has 2 aliphatic rings. The van der Waals surface area contributed by atoms with E-state index in [9.17, 15) is 9.59 Å². The molecule has 0 spiro atoms. The van der Waals surface area contributed by atoms with Crippen LogP contribution in [0.1, 0.15) is 42.6 Å². The SMILES string of the molecule is CC[C@@]12C[C@@H]1[C@@H](n1cnc3c(NC(=O)c4ccccc4)ncnc31)CC2=O. The Bertz CT molecular complexity index is 1060. The largest absolute Gasteiger partial charge is 0.311 e. The second-order valence-electron chi connectivity index (χ2n) is 7.38. The van der Waals surface area contributed by atoms with E-state index in [0.717, 1.165) is 12.8 Å². The molecule has 0 saturated heterocycles. The van der Waals surface area contributed by atoms with E-state index in [1.165, 1.54) is 6.33 Å². The number of benzene rings is 1. The lowest BCUT2D eigenvalue weighted by Gasteiger charge is -2.13. The molecule has 1 N–H and O–H groups in total. The zero-order valence-electron chi connectivity index (χ0n) is 14.9. The van der Waals surface area contributed by atoms with Crippen LogP contribution >= 0.6 is 0 Å². The predicted octanol–water partition coefficient (Wildman–Crippen LogP) is 3.01. The lowest BCUT2D eigenvalue weighted by molar-refractivity contribution is -0.123. The third-order valence-corrected chi connectivity index (χ3v) is 6.16. The number of ketones is 1. The second kappa shape index (κ2) is 5.70.